The third kappa shape index (κ3) is 5.10. The molecule has 1 aromatic carbocycles. The minimum absolute atomic E-state index is 0.00490. The number of carbonyl (C=O) groups is 3. The van der Waals surface area contributed by atoms with Crippen molar-refractivity contribution in [2.45, 2.75) is 63.8 Å². The Balaban J connectivity index is 1.52. The summed E-state index contributed by atoms with van der Waals surface area (Å²) >= 11 is 0. The van der Waals surface area contributed by atoms with Crippen molar-refractivity contribution in [3.05, 3.63) is 35.9 Å². The molecule has 1 saturated heterocycles. The van der Waals surface area contributed by atoms with Crippen molar-refractivity contribution >= 4 is 17.7 Å². The van der Waals surface area contributed by atoms with Gasteiger partial charge in [0.05, 0.1) is 5.92 Å². The van der Waals surface area contributed by atoms with E-state index >= 15 is 0 Å². The number of carbonyl (C=O) groups excluding carboxylic acids is 3. The molecule has 1 aliphatic heterocycles. The van der Waals surface area contributed by atoms with Crippen molar-refractivity contribution in [2.75, 3.05) is 26.2 Å². The Labute approximate surface area is 185 Å². The third-order valence-electron chi connectivity index (χ3n) is 7.27. The molecule has 1 aromatic rings. The van der Waals surface area contributed by atoms with Gasteiger partial charge in [-0.25, -0.2) is 0 Å². The van der Waals surface area contributed by atoms with Crippen molar-refractivity contribution in [1.82, 2.24) is 15.1 Å². The highest BCUT2D eigenvalue weighted by Crippen LogP contribution is 2.32. The van der Waals surface area contributed by atoms with E-state index in [1.54, 1.807) is 0 Å². The van der Waals surface area contributed by atoms with E-state index in [1.807, 2.05) is 40.1 Å². The van der Waals surface area contributed by atoms with E-state index in [0.717, 1.165) is 51.4 Å². The van der Waals surface area contributed by atoms with Crippen LogP contribution in [0.25, 0.3) is 0 Å². The molecule has 3 amide bonds. The normalized spacial score (nSPS) is 26.0. The number of amides is 3. The number of fused-ring (bicyclic) bond motifs is 1. The Morgan fingerprint density at radius 3 is 2.39 bits per heavy atom. The molecule has 168 valence electrons. The molecule has 31 heavy (non-hydrogen) atoms. The van der Waals surface area contributed by atoms with E-state index in [9.17, 15) is 14.4 Å². The first-order valence-corrected chi connectivity index (χ1v) is 12.1. The van der Waals surface area contributed by atoms with E-state index in [2.05, 4.69) is 5.32 Å². The lowest BCUT2D eigenvalue weighted by Gasteiger charge is -2.33. The maximum absolute atomic E-state index is 13.4. The highest BCUT2D eigenvalue weighted by atomic mass is 16.2. The van der Waals surface area contributed by atoms with E-state index in [1.165, 1.54) is 6.42 Å². The van der Waals surface area contributed by atoms with E-state index in [4.69, 9.17) is 0 Å². The zero-order valence-electron chi connectivity index (χ0n) is 18.4. The standard InChI is InChI=1S/C25H35N3O3/c29-23-21-13-7-14-22(21)28(25(31)20-11-5-2-6-12-20)17-8-16-27(18-15-26-23)24(30)19-9-3-1-4-10-19/h2,5-6,11-12,19,21-22H,1,3-4,7-10,13-18H2,(H,26,29)/t21-,22+/m1/s1. The van der Waals surface area contributed by atoms with Crippen LogP contribution in [0.15, 0.2) is 30.3 Å². The Kier molecular flexibility index (Phi) is 7.25. The SMILES string of the molecule is O=C1NCCN(C(=O)C2CCCCC2)CCCN(C(=O)c2ccccc2)[C@H]2CCC[C@@H]12. The van der Waals surface area contributed by atoms with Crippen molar-refractivity contribution in [3.8, 4) is 0 Å². The molecule has 3 aliphatic rings. The highest BCUT2D eigenvalue weighted by Gasteiger charge is 2.39. The summed E-state index contributed by atoms with van der Waals surface area (Å²) < 4.78 is 0. The summed E-state index contributed by atoms with van der Waals surface area (Å²) in [6.07, 6.45) is 8.82. The van der Waals surface area contributed by atoms with Crippen LogP contribution >= 0.6 is 0 Å². The molecule has 1 N–H and O–H groups in total. The summed E-state index contributed by atoms with van der Waals surface area (Å²) in [5.41, 5.74) is 0.665. The highest BCUT2D eigenvalue weighted by molar-refractivity contribution is 5.95. The molecule has 0 aromatic heterocycles. The minimum atomic E-state index is -0.159. The predicted molar refractivity (Wildman–Crippen MR) is 119 cm³/mol. The lowest BCUT2D eigenvalue weighted by atomic mass is 9.88. The van der Waals surface area contributed by atoms with Crippen molar-refractivity contribution < 1.29 is 14.4 Å². The van der Waals surface area contributed by atoms with Crippen LogP contribution < -0.4 is 5.32 Å². The molecular weight excluding hydrogens is 390 g/mol. The smallest absolute Gasteiger partial charge is 0.254 e. The fourth-order valence-electron chi connectivity index (χ4n) is 5.60. The lowest BCUT2D eigenvalue weighted by Crippen LogP contribution is -2.47. The molecule has 1 heterocycles. The monoisotopic (exact) mass is 425 g/mol. The molecule has 6 heteroatoms. The Morgan fingerprint density at radius 1 is 0.839 bits per heavy atom. The number of rotatable bonds is 2. The van der Waals surface area contributed by atoms with Crippen molar-refractivity contribution in [1.29, 1.82) is 0 Å². The van der Waals surface area contributed by atoms with Crippen molar-refractivity contribution in [3.63, 3.8) is 0 Å². The Bertz CT molecular complexity index is 775. The van der Waals surface area contributed by atoms with Gasteiger partial charge in [-0.3, -0.25) is 14.4 Å². The van der Waals surface area contributed by atoms with Gasteiger partial charge in [-0.1, -0.05) is 43.9 Å². The van der Waals surface area contributed by atoms with Crippen molar-refractivity contribution in [2.24, 2.45) is 11.8 Å². The summed E-state index contributed by atoms with van der Waals surface area (Å²) in [5, 5.41) is 3.07. The number of nitrogens with zero attached hydrogens (tertiary/aromatic N) is 2. The maximum atomic E-state index is 13.4. The second-order valence-corrected chi connectivity index (χ2v) is 9.27. The quantitative estimate of drug-likeness (QED) is 0.791. The molecule has 0 unspecified atom stereocenters. The van der Waals surface area contributed by atoms with Crippen LogP contribution in [0, 0.1) is 11.8 Å². The second kappa shape index (κ2) is 10.3. The minimum Gasteiger partial charge on any atom is -0.354 e. The van der Waals surface area contributed by atoms with E-state index < -0.39 is 0 Å². The summed E-state index contributed by atoms with van der Waals surface area (Å²) in [6.45, 7) is 2.27. The van der Waals surface area contributed by atoms with Gasteiger partial charge in [0.25, 0.3) is 5.91 Å². The van der Waals surface area contributed by atoms with Crippen LogP contribution in [0.1, 0.15) is 68.1 Å². The van der Waals surface area contributed by atoms with Gasteiger partial charge in [0.1, 0.15) is 0 Å². The molecule has 4 rings (SSSR count). The molecule has 2 saturated carbocycles. The average molecular weight is 426 g/mol. The Morgan fingerprint density at radius 2 is 1.61 bits per heavy atom. The van der Waals surface area contributed by atoms with Gasteiger partial charge in [-0.2, -0.15) is 0 Å². The summed E-state index contributed by atoms with van der Waals surface area (Å²) in [7, 11) is 0. The molecule has 3 fully saturated rings. The van der Waals surface area contributed by atoms with Gasteiger partial charge in [0.2, 0.25) is 11.8 Å². The molecule has 0 radical (unpaired) electrons. The number of hydrogen-bond donors (Lipinski definition) is 1. The zero-order valence-corrected chi connectivity index (χ0v) is 18.4. The maximum Gasteiger partial charge on any atom is 0.254 e. The summed E-state index contributed by atoms with van der Waals surface area (Å²) in [6, 6.07) is 9.29. The third-order valence-corrected chi connectivity index (χ3v) is 7.27. The zero-order chi connectivity index (χ0) is 21.6. The van der Waals surface area contributed by atoms with Gasteiger partial charge in [0.15, 0.2) is 0 Å². The van der Waals surface area contributed by atoms with E-state index in [0.29, 0.717) is 31.7 Å². The fraction of sp³-hybridized carbons (Fsp3) is 0.640. The molecule has 6 nitrogen and oxygen atoms in total. The molecular formula is C25H35N3O3. The first kappa shape index (κ1) is 21.8. The van der Waals surface area contributed by atoms with Gasteiger partial charge >= 0.3 is 0 Å². The van der Waals surface area contributed by atoms with Crippen LogP contribution in [0.2, 0.25) is 0 Å². The number of hydrogen-bond acceptors (Lipinski definition) is 3. The molecule has 0 bridgehead atoms. The topological polar surface area (TPSA) is 69.7 Å². The van der Waals surface area contributed by atoms with Gasteiger partial charge < -0.3 is 15.1 Å². The summed E-state index contributed by atoms with van der Waals surface area (Å²) in [4.78, 5) is 43.3. The van der Waals surface area contributed by atoms with Gasteiger partial charge in [-0.05, 0) is 44.2 Å². The van der Waals surface area contributed by atoms with Crippen LogP contribution in [0.4, 0.5) is 0 Å². The average Bonchev–Trinajstić information content (AvgIpc) is 3.29. The first-order valence-electron chi connectivity index (χ1n) is 12.1. The van der Waals surface area contributed by atoms with Crippen LogP contribution in [-0.2, 0) is 9.59 Å². The Hall–Kier alpha value is -2.37. The predicted octanol–water partition coefficient (Wildman–Crippen LogP) is 3.23. The molecule has 2 atom stereocenters. The molecule has 2 aliphatic carbocycles. The summed E-state index contributed by atoms with van der Waals surface area (Å²) in [5.74, 6) is 0.216. The number of benzene rings is 1. The second-order valence-electron chi connectivity index (χ2n) is 9.27. The number of nitrogens with one attached hydrogen (secondary N) is 1. The fourth-order valence-corrected chi connectivity index (χ4v) is 5.60. The van der Waals surface area contributed by atoms with Gasteiger partial charge in [-0.15, -0.1) is 0 Å². The van der Waals surface area contributed by atoms with Gasteiger partial charge in [0, 0.05) is 43.7 Å². The lowest BCUT2D eigenvalue weighted by molar-refractivity contribution is -0.137. The van der Waals surface area contributed by atoms with Crippen LogP contribution in [-0.4, -0.2) is 59.7 Å². The largest absolute Gasteiger partial charge is 0.354 e. The first-order chi connectivity index (χ1) is 15.1. The van der Waals surface area contributed by atoms with Crippen LogP contribution in [0.3, 0.4) is 0 Å². The van der Waals surface area contributed by atoms with Crippen LogP contribution in [0.5, 0.6) is 0 Å². The molecule has 0 spiro atoms. The van der Waals surface area contributed by atoms with E-state index in [-0.39, 0.29) is 35.6 Å².